The van der Waals surface area contributed by atoms with Gasteiger partial charge in [-0.15, -0.1) is 0 Å². The van der Waals surface area contributed by atoms with Crippen LogP contribution in [0.3, 0.4) is 0 Å². The van der Waals surface area contributed by atoms with Gasteiger partial charge in [0.15, 0.2) is 0 Å². The van der Waals surface area contributed by atoms with Crippen LogP contribution >= 0.6 is 0 Å². The number of benzene rings is 1. The quantitative estimate of drug-likeness (QED) is 0.881. The topological polar surface area (TPSA) is 41.9 Å². The number of aliphatic hydroxyl groups is 1. The summed E-state index contributed by atoms with van der Waals surface area (Å²) >= 11 is 0. The lowest BCUT2D eigenvalue weighted by molar-refractivity contribution is 0.0320. The van der Waals surface area contributed by atoms with Gasteiger partial charge in [-0.1, -0.05) is 18.2 Å². The molecule has 1 N–H and O–H groups in total. The highest BCUT2D eigenvalue weighted by Gasteiger charge is 2.13. The van der Waals surface area contributed by atoms with E-state index in [0.29, 0.717) is 6.61 Å². The molecule has 4 nitrogen and oxygen atoms in total. The van der Waals surface area contributed by atoms with E-state index in [9.17, 15) is 5.11 Å². The van der Waals surface area contributed by atoms with E-state index in [1.165, 1.54) is 0 Å². The average Bonchev–Trinajstić information content (AvgIpc) is 2.41. The second kappa shape index (κ2) is 6.89. The Bertz CT molecular complexity index is 400. The highest BCUT2D eigenvalue weighted by atomic mass is 16.5. The van der Waals surface area contributed by atoms with Gasteiger partial charge in [0.1, 0.15) is 12.4 Å². The van der Waals surface area contributed by atoms with Crippen LogP contribution in [0.4, 0.5) is 0 Å². The first-order valence-corrected chi connectivity index (χ1v) is 6.89. The van der Waals surface area contributed by atoms with Crippen molar-refractivity contribution in [3.63, 3.8) is 0 Å². The molecule has 1 aliphatic rings. The van der Waals surface area contributed by atoms with Gasteiger partial charge in [0.25, 0.3) is 0 Å². The van der Waals surface area contributed by atoms with Crippen LogP contribution in [0, 0.1) is 6.92 Å². The molecule has 2 rings (SSSR count). The fourth-order valence-corrected chi connectivity index (χ4v) is 2.30. The van der Waals surface area contributed by atoms with Crippen LogP contribution in [-0.4, -0.2) is 49.5 Å². The maximum absolute atomic E-state index is 9.77. The largest absolute Gasteiger partial charge is 0.492 e. The van der Waals surface area contributed by atoms with Crippen LogP contribution in [0.5, 0.6) is 5.75 Å². The Morgan fingerprint density at radius 2 is 2.11 bits per heavy atom. The van der Waals surface area contributed by atoms with E-state index in [4.69, 9.17) is 9.47 Å². The number of hydrogen-bond donors (Lipinski definition) is 1. The number of rotatable bonds is 5. The summed E-state index contributed by atoms with van der Waals surface area (Å²) in [6, 6.07) is 5.88. The van der Waals surface area contributed by atoms with Crippen LogP contribution in [0.2, 0.25) is 0 Å². The van der Waals surface area contributed by atoms with E-state index >= 15 is 0 Å². The molecule has 0 amide bonds. The van der Waals surface area contributed by atoms with Crippen molar-refractivity contribution in [3.8, 4) is 5.75 Å². The Morgan fingerprint density at radius 3 is 2.79 bits per heavy atom. The number of aliphatic hydroxyl groups excluding tert-OH is 1. The molecule has 0 saturated carbocycles. The number of ether oxygens (including phenoxy) is 2. The second-order valence-corrected chi connectivity index (χ2v) is 4.97. The van der Waals surface area contributed by atoms with Gasteiger partial charge in [-0.25, -0.2) is 0 Å². The first kappa shape index (κ1) is 14.3. The third kappa shape index (κ3) is 3.93. The average molecular weight is 265 g/mol. The van der Waals surface area contributed by atoms with Crippen LogP contribution in [-0.2, 0) is 4.74 Å². The molecule has 19 heavy (non-hydrogen) atoms. The van der Waals surface area contributed by atoms with Crippen molar-refractivity contribution in [3.05, 3.63) is 29.3 Å². The van der Waals surface area contributed by atoms with Crippen molar-refractivity contribution in [2.75, 3.05) is 39.5 Å². The molecule has 4 heteroatoms. The highest BCUT2D eigenvalue weighted by molar-refractivity contribution is 5.41. The molecule has 1 saturated heterocycles. The normalized spacial score (nSPS) is 18.3. The Hall–Kier alpha value is -1.10. The van der Waals surface area contributed by atoms with Crippen LogP contribution in [0.25, 0.3) is 0 Å². The minimum absolute atomic E-state index is 0.502. The zero-order chi connectivity index (χ0) is 13.7. The summed E-state index contributed by atoms with van der Waals surface area (Å²) in [7, 11) is 0. The summed E-state index contributed by atoms with van der Waals surface area (Å²) < 4.78 is 11.2. The summed E-state index contributed by atoms with van der Waals surface area (Å²) in [5.74, 6) is 0.825. The number of nitrogens with zero attached hydrogens (tertiary/aromatic N) is 1. The molecular weight excluding hydrogens is 242 g/mol. The van der Waals surface area contributed by atoms with Gasteiger partial charge in [-0.3, -0.25) is 4.90 Å². The third-order valence-electron chi connectivity index (χ3n) is 3.45. The molecule has 0 radical (unpaired) electrons. The maximum atomic E-state index is 9.77. The van der Waals surface area contributed by atoms with Gasteiger partial charge in [0.2, 0.25) is 0 Å². The van der Waals surface area contributed by atoms with Gasteiger partial charge in [-0.05, 0) is 19.4 Å². The van der Waals surface area contributed by atoms with Gasteiger partial charge >= 0.3 is 0 Å². The molecular formula is C15H23NO3. The molecule has 0 aromatic heterocycles. The molecule has 1 unspecified atom stereocenters. The van der Waals surface area contributed by atoms with Gasteiger partial charge < -0.3 is 14.6 Å². The number of hydrogen-bond acceptors (Lipinski definition) is 4. The Morgan fingerprint density at radius 1 is 1.37 bits per heavy atom. The monoisotopic (exact) mass is 265 g/mol. The summed E-state index contributed by atoms with van der Waals surface area (Å²) in [4.78, 5) is 2.34. The van der Waals surface area contributed by atoms with Crippen molar-refractivity contribution >= 4 is 0 Å². The third-order valence-corrected chi connectivity index (χ3v) is 3.45. The standard InChI is InChI=1S/C15H23NO3/c1-12-4-3-5-14(13(2)17)15(12)19-11-8-16-6-9-18-10-7-16/h3-5,13,17H,6-11H2,1-2H3. The molecule has 106 valence electrons. The minimum atomic E-state index is -0.502. The second-order valence-electron chi connectivity index (χ2n) is 4.97. The van der Waals surface area contributed by atoms with E-state index in [-0.39, 0.29) is 0 Å². The zero-order valence-corrected chi connectivity index (χ0v) is 11.8. The lowest BCUT2D eigenvalue weighted by atomic mass is 10.1. The SMILES string of the molecule is Cc1cccc(C(C)O)c1OCCN1CCOCC1. The molecule has 1 heterocycles. The first-order chi connectivity index (χ1) is 9.18. The molecule has 1 fully saturated rings. The molecule has 0 spiro atoms. The van der Waals surface area contributed by atoms with Gasteiger partial charge in [0, 0.05) is 25.2 Å². The molecule has 0 bridgehead atoms. The van der Waals surface area contributed by atoms with Crippen molar-refractivity contribution < 1.29 is 14.6 Å². The van der Waals surface area contributed by atoms with Crippen LogP contribution < -0.4 is 4.74 Å². The predicted octanol–water partition coefficient (Wildman–Crippen LogP) is 1.76. The smallest absolute Gasteiger partial charge is 0.128 e. The first-order valence-electron chi connectivity index (χ1n) is 6.89. The Labute approximate surface area is 114 Å². The Kier molecular flexibility index (Phi) is 5.19. The van der Waals surface area contributed by atoms with E-state index in [2.05, 4.69) is 4.90 Å². The molecule has 1 aliphatic heterocycles. The van der Waals surface area contributed by atoms with Crippen molar-refractivity contribution in [1.29, 1.82) is 0 Å². The number of aryl methyl sites for hydroxylation is 1. The summed E-state index contributed by atoms with van der Waals surface area (Å²) in [5, 5.41) is 9.77. The molecule has 1 aromatic carbocycles. The summed E-state index contributed by atoms with van der Waals surface area (Å²) in [5.41, 5.74) is 1.93. The van der Waals surface area contributed by atoms with Gasteiger partial charge in [0.05, 0.1) is 19.3 Å². The number of morpholine rings is 1. The zero-order valence-electron chi connectivity index (χ0n) is 11.8. The fourth-order valence-electron chi connectivity index (χ4n) is 2.30. The number of para-hydroxylation sites is 1. The molecule has 1 atom stereocenters. The predicted molar refractivity (Wildman–Crippen MR) is 74.6 cm³/mol. The van der Waals surface area contributed by atoms with Crippen molar-refractivity contribution in [1.82, 2.24) is 4.90 Å². The fraction of sp³-hybridized carbons (Fsp3) is 0.600. The van der Waals surface area contributed by atoms with E-state index in [1.807, 2.05) is 25.1 Å². The highest BCUT2D eigenvalue weighted by Crippen LogP contribution is 2.28. The van der Waals surface area contributed by atoms with E-state index in [0.717, 1.165) is 49.7 Å². The molecule has 0 aliphatic carbocycles. The lowest BCUT2D eigenvalue weighted by Crippen LogP contribution is -2.38. The van der Waals surface area contributed by atoms with Crippen molar-refractivity contribution in [2.24, 2.45) is 0 Å². The maximum Gasteiger partial charge on any atom is 0.128 e. The minimum Gasteiger partial charge on any atom is -0.492 e. The van der Waals surface area contributed by atoms with Crippen molar-refractivity contribution in [2.45, 2.75) is 20.0 Å². The van der Waals surface area contributed by atoms with E-state index in [1.54, 1.807) is 6.92 Å². The lowest BCUT2D eigenvalue weighted by Gasteiger charge is -2.26. The summed E-state index contributed by atoms with van der Waals surface area (Å²) in [6.45, 7) is 8.88. The summed E-state index contributed by atoms with van der Waals surface area (Å²) in [6.07, 6.45) is -0.502. The van der Waals surface area contributed by atoms with Crippen LogP contribution in [0.1, 0.15) is 24.2 Å². The molecule has 1 aromatic rings. The van der Waals surface area contributed by atoms with Gasteiger partial charge in [-0.2, -0.15) is 0 Å². The van der Waals surface area contributed by atoms with E-state index < -0.39 is 6.10 Å². The Balaban J connectivity index is 1.91. The van der Waals surface area contributed by atoms with Crippen LogP contribution in [0.15, 0.2) is 18.2 Å².